The predicted molar refractivity (Wildman–Crippen MR) is 156 cm³/mol. The van der Waals surface area contributed by atoms with Crippen molar-refractivity contribution in [1.29, 1.82) is 0 Å². The Labute approximate surface area is 243 Å². The molecule has 0 aliphatic carbocycles. The molecular formula is C27H21Cl3N4O4S. The number of rotatable bonds is 10. The molecule has 8 nitrogen and oxygen atoms in total. The molecular weight excluding hydrogens is 583 g/mol. The maximum atomic E-state index is 12.5. The molecule has 3 aromatic carbocycles. The van der Waals surface area contributed by atoms with Crippen LogP contribution in [-0.4, -0.2) is 36.3 Å². The summed E-state index contributed by atoms with van der Waals surface area (Å²) >= 11 is 19.8. The minimum Gasteiger partial charge on any atom is -0.479 e. The summed E-state index contributed by atoms with van der Waals surface area (Å²) in [4.78, 5) is 28.6. The van der Waals surface area contributed by atoms with Crippen LogP contribution in [0.25, 0.3) is 11.3 Å². The zero-order valence-electron chi connectivity index (χ0n) is 20.4. The molecule has 1 heterocycles. The van der Waals surface area contributed by atoms with Crippen molar-refractivity contribution in [1.82, 2.24) is 10.4 Å². The minimum atomic E-state index is -0.534. The summed E-state index contributed by atoms with van der Waals surface area (Å²) in [5, 5.41) is 10.9. The van der Waals surface area contributed by atoms with Crippen LogP contribution in [0.4, 0.5) is 10.8 Å². The van der Waals surface area contributed by atoms with Gasteiger partial charge in [-0.15, -0.1) is 11.3 Å². The number of benzene rings is 3. The number of carbonyl (C=O) groups excluding carboxylic acids is 2. The van der Waals surface area contributed by atoms with Crippen LogP contribution in [0.1, 0.15) is 22.8 Å². The van der Waals surface area contributed by atoms with Crippen LogP contribution in [0.3, 0.4) is 0 Å². The lowest BCUT2D eigenvalue weighted by Gasteiger charge is -2.10. The highest BCUT2D eigenvalue weighted by Crippen LogP contribution is 2.34. The topological polar surface area (TPSA) is 102 Å². The van der Waals surface area contributed by atoms with E-state index in [4.69, 9.17) is 44.3 Å². The van der Waals surface area contributed by atoms with Gasteiger partial charge in [0.1, 0.15) is 0 Å². The average Bonchev–Trinajstić information content (AvgIpc) is 3.38. The minimum absolute atomic E-state index is 0.153. The fraction of sp³-hybridized carbons (Fsp3) is 0.111. The first-order valence-corrected chi connectivity index (χ1v) is 13.5. The van der Waals surface area contributed by atoms with Gasteiger partial charge in [-0.2, -0.15) is 5.10 Å². The van der Waals surface area contributed by atoms with E-state index in [9.17, 15) is 9.59 Å². The molecule has 1 aromatic heterocycles. The summed E-state index contributed by atoms with van der Waals surface area (Å²) in [5.41, 5.74) is 5.95. The van der Waals surface area contributed by atoms with E-state index in [1.54, 1.807) is 43.3 Å². The fourth-order valence-electron chi connectivity index (χ4n) is 3.27. The smallest absolute Gasteiger partial charge is 0.344 e. The van der Waals surface area contributed by atoms with E-state index in [0.717, 1.165) is 22.1 Å². The Kier molecular flexibility index (Phi) is 9.78. The summed E-state index contributed by atoms with van der Waals surface area (Å²) in [7, 11) is 0. The standard InChI is InChI=1S/C27H21Cl3N4O4S/c1-2-37-24(35)14-38-25-21(29)11-16(12-22(25)30)13-31-34-26(36)18-5-3-17(4-6-18)23-15-39-27(33-23)32-20-9-7-19(28)8-10-20/h3-13,15H,2,14H2,1H3,(H,32,33)(H,34,36)/b31-13-. The zero-order valence-corrected chi connectivity index (χ0v) is 23.5. The van der Waals surface area contributed by atoms with E-state index in [0.29, 0.717) is 16.1 Å². The molecule has 39 heavy (non-hydrogen) atoms. The molecule has 0 aliphatic heterocycles. The number of aromatic nitrogens is 1. The predicted octanol–water partition coefficient (Wildman–Crippen LogP) is 7.22. The summed E-state index contributed by atoms with van der Waals surface area (Å²) in [6.07, 6.45) is 1.39. The molecule has 4 aromatic rings. The van der Waals surface area contributed by atoms with Gasteiger partial charge in [0.2, 0.25) is 0 Å². The van der Waals surface area contributed by atoms with E-state index < -0.39 is 11.9 Å². The molecule has 0 spiro atoms. The number of halogens is 3. The lowest BCUT2D eigenvalue weighted by atomic mass is 10.1. The molecule has 0 atom stereocenters. The molecule has 0 unspecified atom stereocenters. The van der Waals surface area contributed by atoms with Crippen molar-refractivity contribution < 1.29 is 19.1 Å². The number of nitrogens with zero attached hydrogens (tertiary/aromatic N) is 2. The Hall–Kier alpha value is -3.63. The fourth-order valence-corrected chi connectivity index (χ4v) is 4.75. The Morgan fingerprint density at radius 3 is 2.38 bits per heavy atom. The van der Waals surface area contributed by atoms with E-state index in [1.165, 1.54) is 17.6 Å². The van der Waals surface area contributed by atoms with Gasteiger partial charge in [0.25, 0.3) is 5.91 Å². The van der Waals surface area contributed by atoms with Gasteiger partial charge in [-0.1, -0.05) is 46.9 Å². The first-order valence-electron chi connectivity index (χ1n) is 11.5. The molecule has 2 N–H and O–H groups in total. The van der Waals surface area contributed by atoms with E-state index in [-0.39, 0.29) is 29.0 Å². The third kappa shape index (κ3) is 7.93. The summed E-state index contributed by atoms with van der Waals surface area (Å²) in [6, 6.07) is 17.5. The molecule has 0 saturated heterocycles. The quantitative estimate of drug-likeness (QED) is 0.113. The second-order valence-electron chi connectivity index (χ2n) is 7.85. The molecule has 0 aliphatic rings. The molecule has 0 saturated carbocycles. The zero-order chi connectivity index (χ0) is 27.8. The van der Waals surface area contributed by atoms with E-state index in [2.05, 4.69) is 20.8 Å². The maximum absolute atomic E-state index is 12.5. The molecule has 0 bridgehead atoms. The largest absolute Gasteiger partial charge is 0.479 e. The van der Waals surface area contributed by atoms with Crippen LogP contribution in [0.15, 0.2) is 71.1 Å². The Morgan fingerprint density at radius 1 is 1.03 bits per heavy atom. The van der Waals surface area contributed by atoms with Crippen LogP contribution >= 0.6 is 46.1 Å². The van der Waals surface area contributed by atoms with Crippen molar-refractivity contribution in [3.05, 3.63) is 92.2 Å². The van der Waals surface area contributed by atoms with Crippen molar-refractivity contribution in [2.75, 3.05) is 18.5 Å². The van der Waals surface area contributed by atoms with Gasteiger partial charge in [-0.3, -0.25) is 4.79 Å². The van der Waals surface area contributed by atoms with Crippen LogP contribution in [0.2, 0.25) is 15.1 Å². The molecule has 0 radical (unpaired) electrons. The number of carbonyl (C=O) groups is 2. The number of amides is 1. The highest BCUT2D eigenvalue weighted by molar-refractivity contribution is 7.14. The number of ether oxygens (including phenoxy) is 2. The normalized spacial score (nSPS) is 10.9. The van der Waals surface area contributed by atoms with E-state index in [1.807, 2.05) is 29.6 Å². The summed E-state index contributed by atoms with van der Waals surface area (Å²) in [5.74, 6) is -0.776. The van der Waals surface area contributed by atoms with E-state index >= 15 is 0 Å². The van der Waals surface area contributed by atoms with Gasteiger partial charge in [0.15, 0.2) is 17.5 Å². The van der Waals surface area contributed by atoms with Gasteiger partial charge in [-0.25, -0.2) is 15.2 Å². The third-order valence-electron chi connectivity index (χ3n) is 5.08. The number of anilines is 2. The molecule has 1 amide bonds. The van der Waals surface area contributed by atoms with Gasteiger partial charge in [0, 0.05) is 27.2 Å². The van der Waals surface area contributed by atoms with Crippen molar-refractivity contribution in [2.24, 2.45) is 5.10 Å². The molecule has 4 rings (SSSR count). The molecule has 200 valence electrons. The number of thiazole rings is 1. The number of hydrogen-bond acceptors (Lipinski definition) is 8. The van der Waals surface area contributed by atoms with Gasteiger partial charge in [-0.05, 0) is 61.0 Å². The number of nitrogens with one attached hydrogen (secondary N) is 2. The maximum Gasteiger partial charge on any atom is 0.344 e. The van der Waals surface area contributed by atoms with Gasteiger partial charge < -0.3 is 14.8 Å². The Bertz CT molecular complexity index is 1470. The first-order chi connectivity index (χ1) is 18.8. The second-order valence-corrected chi connectivity index (χ2v) is 9.96. The summed E-state index contributed by atoms with van der Waals surface area (Å²) < 4.78 is 10.2. The lowest BCUT2D eigenvalue weighted by Crippen LogP contribution is -2.17. The number of esters is 1. The highest BCUT2D eigenvalue weighted by atomic mass is 35.5. The van der Waals surface area contributed by atoms with Crippen molar-refractivity contribution in [3.8, 4) is 17.0 Å². The van der Waals surface area contributed by atoms with Crippen LogP contribution in [0, 0.1) is 0 Å². The Morgan fingerprint density at radius 2 is 1.72 bits per heavy atom. The summed E-state index contributed by atoms with van der Waals surface area (Å²) in [6.45, 7) is 1.62. The Balaban J connectivity index is 1.33. The van der Waals surface area contributed by atoms with Crippen molar-refractivity contribution in [3.63, 3.8) is 0 Å². The molecule has 12 heteroatoms. The van der Waals surface area contributed by atoms with Crippen LogP contribution < -0.4 is 15.5 Å². The second kappa shape index (κ2) is 13.4. The first kappa shape index (κ1) is 28.4. The number of hydrogen-bond donors (Lipinski definition) is 2. The van der Waals surface area contributed by atoms with Gasteiger partial charge >= 0.3 is 5.97 Å². The van der Waals surface area contributed by atoms with Crippen LogP contribution in [-0.2, 0) is 9.53 Å². The van der Waals surface area contributed by atoms with Gasteiger partial charge in [0.05, 0.1) is 28.6 Å². The monoisotopic (exact) mass is 602 g/mol. The lowest BCUT2D eigenvalue weighted by molar-refractivity contribution is -0.145. The third-order valence-corrected chi connectivity index (χ3v) is 6.65. The molecule has 0 fully saturated rings. The van der Waals surface area contributed by atoms with Crippen molar-refractivity contribution >= 4 is 75.0 Å². The average molecular weight is 604 g/mol. The van der Waals surface area contributed by atoms with Crippen molar-refractivity contribution in [2.45, 2.75) is 6.92 Å². The number of hydrazone groups is 1. The van der Waals surface area contributed by atoms with Crippen LogP contribution in [0.5, 0.6) is 5.75 Å². The SMILES string of the molecule is CCOC(=O)COc1c(Cl)cc(/C=N\NC(=O)c2ccc(-c3csc(Nc4ccc(Cl)cc4)n3)cc2)cc1Cl. The highest BCUT2D eigenvalue weighted by Gasteiger charge is 2.12.